The summed E-state index contributed by atoms with van der Waals surface area (Å²) in [6.07, 6.45) is 5.22. The molecule has 2 aromatic carbocycles. The van der Waals surface area contributed by atoms with E-state index in [0.717, 1.165) is 0 Å². The van der Waals surface area contributed by atoms with E-state index >= 15 is 0 Å². The van der Waals surface area contributed by atoms with Gasteiger partial charge in [-0.1, -0.05) is 35.9 Å². The zero-order valence-electron chi connectivity index (χ0n) is 16.0. The second kappa shape index (κ2) is 7.80. The number of carbonyl (C=O) groups is 2. The molecule has 30 heavy (non-hydrogen) atoms. The van der Waals surface area contributed by atoms with Crippen LogP contribution in [0.15, 0.2) is 54.6 Å². The molecule has 1 heterocycles. The lowest BCUT2D eigenvalue weighted by atomic mass is 9.93. The van der Waals surface area contributed by atoms with Gasteiger partial charge < -0.3 is 14.4 Å². The molecule has 7 heteroatoms. The number of rotatable bonds is 5. The van der Waals surface area contributed by atoms with Crippen LogP contribution in [0, 0.1) is 5.82 Å². The van der Waals surface area contributed by atoms with Gasteiger partial charge in [-0.3, -0.25) is 4.79 Å². The summed E-state index contributed by atoms with van der Waals surface area (Å²) in [6.45, 7) is -0.0348. The van der Waals surface area contributed by atoms with Gasteiger partial charge in [0.05, 0.1) is 13.7 Å². The third-order valence-corrected chi connectivity index (χ3v) is 5.32. The van der Waals surface area contributed by atoms with Crippen molar-refractivity contribution >= 4 is 39.8 Å². The Balaban J connectivity index is 1.99. The molecule has 0 atom stereocenters. The van der Waals surface area contributed by atoms with Crippen LogP contribution in [0.1, 0.15) is 28.0 Å². The maximum absolute atomic E-state index is 14.6. The van der Waals surface area contributed by atoms with Gasteiger partial charge in [0.1, 0.15) is 17.3 Å². The van der Waals surface area contributed by atoms with Gasteiger partial charge in [-0.25, -0.2) is 9.18 Å². The lowest BCUT2D eigenvalue weighted by Crippen LogP contribution is -2.14. The largest absolute Gasteiger partial charge is 0.497 e. The molecular formula is C23H17ClFNO4. The highest BCUT2D eigenvalue weighted by Crippen LogP contribution is 2.36. The summed E-state index contributed by atoms with van der Waals surface area (Å²) < 4.78 is 21.1. The van der Waals surface area contributed by atoms with Crippen LogP contribution in [0.25, 0.3) is 16.5 Å². The van der Waals surface area contributed by atoms with E-state index in [1.165, 1.54) is 17.7 Å². The first-order chi connectivity index (χ1) is 14.4. The van der Waals surface area contributed by atoms with E-state index in [-0.39, 0.29) is 24.4 Å². The number of hydrogen-bond acceptors (Lipinski definition) is 3. The molecular weight excluding hydrogens is 409 g/mol. The number of carbonyl (C=O) groups excluding carboxylic acids is 1. The summed E-state index contributed by atoms with van der Waals surface area (Å²) in [5.41, 5.74) is 1.35. The molecule has 0 fully saturated rings. The minimum atomic E-state index is -1.21. The second-order valence-corrected chi connectivity index (χ2v) is 7.31. The minimum absolute atomic E-state index is 0.0348. The normalized spacial score (nSPS) is 13.6. The number of nitrogens with zero attached hydrogens (tertiary/aromatic N) is 1. The van der Waals surface area contributed by atoms with E-state index < -0.39 is 11.8 Å². The molecule has 1 N–H and O–H groups in total. The summed E-state index contributed by atoms with van der Waals surface area (Å²) in [7, 11) is 1.44. The van der Waals surface area contributed by atoms with Crippen molar-refractivity contribution in [1.29, 1.82) is 0 Å². The lowest BCUT2D eigenvalue weighted by molar-refractivity contribution is -0.113. The van der Waals surface area contributed by atoms with Crippen LogP contribution in [0.2, 0.25) is 5.02 Å². The summed E-state index contributed by atoms with van der Waals surface area (Å²) >= 11 is 6.18. The van der Waals surface area contributed by atoms with Crippen LogP contribution in [0.5, 0.6) is 5.75 Å². The van der Waals surface area contributed by atoms with Crippen LogP contribution in [-0.2, 0) is 11.3 Å². The van der Waals surface area contributed by atoms with Crippen molar-refractivity contribution in [3.8, 4) is 5.75 Å². The second-order valence-electron chi connectivity index (χ2n) is 6.87. The third-order valence-electron chi connectivity index (χ3n) is 5.09. The van der Waals surface area contributed by atoms with Gasteiger partial charge in [-0.2, -0.15) is 0 Å². The van der Waals surface area contributed by atoms with Crippen molar-refractivity contribution in [2.24, 2.45) is 0 Å². The molecule has 3 aromatic rings. The van der Waals surface area contributed by atoms with E-state index in [1.54, 1.807) is 48.6 Å². The van der Waals surface area contributed by atoms with E-state index in [4.69, 9.17) is 16.3 Å². The average molecular weight is 426 g/mol. The Labute approximate surface area is 176 Å². The Hall–Kier alpha value is -3.38. The summed E-state index contributed by atoms with van der Waals surface area (Å²) in [5, 5.41) is 11.0. The fourth-order valence-corrected chi connectivity index (χ4v) is 3.88. The monoisotopic (exact) mass is 425 g/mol. The number of hydrogen-bond donors (Lipinski definition) is 1. The molecule has 0 amide bonds. The number of methoxy groups -OCH3 is 1. The fraction of sp³-hybridized carbons (Fsp3) is 0.130. The number of halogens is 2. The summed E-state index contributed by atoms with van der Waals surface area (Å²) in [4.78, 5) is 24.9. The lowest BCUT2D eigenvalue weighted by Gasteiger charge is -2.12. The van der Waals surface area contributed by atoms with Crippen molar-refractivity contribution in [2.75, 3.05) is 7.11 Å². The fourth-order valence-electron chi connectivity index (χ4n) is 3.70. The van der Waals surface area contributed by atoms with Crippen molar-refractivity contribution in [1.82, 2.24) is 4.57 Å². The van der Waals surface area contributed by atoms with Crippen LogP contribution < -0.4 is 4.74 Å². The van der Waals surface area contributed by atoms with Crippen molar-refractivity contribution in [2.45, 2.75) is 13.0 Å². The number of Topliss-reactive ketones (excluding diaryl/α,β-unsaturated/α-hetero) is 1. The number of ether oxygens (including phenoxy) is 1. The van der Waals surface area contributed by atoms with Gasteiger partial charge in [0.2, 0.25) is 0 Å². The number of allylic oxidation sites excluding steroid dienone is 4. The number of ketones is 1. The first-order valence-corrected chi connectivity index (χ1v) is 9.56. The highest BCUT2D eigenvalue weighted by molar-refractivity contribution is 6.32. The number of carboxylic acids is 1. The predicted octanol–water partition coefficient (Wildman–Crippen LogP) is 5.10. The predicted molar refractivity (Wildman–Crippen MR) is 113 cm³/mol. The third kappa shape index (κ3) is 3.39. The molecule has 0 saturated heterocycles. The highest BCUT2D eigenvalue weighted by atomic mass is 35.5. The van der Waals surface area contributed by atoms with Gasteiger partial charge >= 0.3 is 5.97 Å². The molecule has 1 aromatic heterocycles. The zero-order valence-corrected chi connectivity index (χ0v) is 16.7. The number of benzene rings is 2. The van der Waals surface area contributed by atoms with E-state index in [9.17, 15) is 19.1 Å². The van der Waals surface area contributed by atoms with E-state index in [1.807, 2.05) is 0 Å². The molecule has 0 radical (unpaired) electrons. The zero-order chi connectivity index (χ0) is 21.4. The number of fused-ring (bicyclic) bond motifs is 1. The first-order valence-electron chi connectivity index (χ1n) is 9.18. The van der Waals surface area contributed by atoms with Crippen LogP contribution >= 0.6 is 11.6 Å². The van der Waals surface area contributed by atoms with Crippen LogP contribution in [-0.4, -0.2) is 28.5 Å². The Bertz CT molecular complexity index is 1260. The van der Waals surface area contributed by atoms with Gasteiger partial charge in [-0.15, -0.1) is 0 Å². The van der Waals surface area contributed by atoms with Crippen LogP contribution in [0.3, 0.4) is 0 Å². The molecule has 1 aliphatic carbocycles. The summed E-state index contributed by atoms with van der Waals surface area (Å²) in [6, 6.07) is 9.36. The molecule has 0 aliphatic heterocycles. The number of aromatic carboxylic acids is 1. The summed E-state index contributed by atoms with van der Waals surface area (Å²) in [5.74, 6) is -1.55. The van der Waals surface area contributed by atoms with Gasteiger partial charge in [0.25, 0.3) is 0 Å². The molecule has 0 saturated carbocycles. The van der Waals surface area contributed by atoms with Gasteiger partial charge in [-0.05, 0) is 24.3 Å². The number of aromatic nitrogens is 1. The molecule has 0 spiro atoms. The standard InChI is InChI=1S/C23H17ClFNO4/c1-30-15-8-6-13(18(25)11-15)12-26-19-9-7-14(24)10-17(19)21(22(26)23(28)29)16-4-2-3-5-20(16)27/h2-4,6-11H,5,12H2,1H3,(H,28,29). The molecule has 0 bridgehead atoms. The van der Waals surface area contributed by atoms with Gasteiger partial charge in [0.15, 0.2) is 5.78 Å². The van der Waals surface area contributed by atoms with Crippen LogP contribution in [0.4, 0.5) is 4.39 Å². The molecule has 0 unspecified atom stereocenters. The Morgan fingerprint density at radius 3 is 2.73 bits per heavy atom. The number of carboxylic acid groups (broad SMARTS) is 1. The highest BCUT2D eigenvalue weighted by Gasteiger charge is 2.28. The van der Waals surface area contributed by atoms with E-state index in [0.29, 0.717) is 38.4 Å². The molecule has 152 valence electrons. The maximum Gasteiger partial charge on any atom is 0.353 e. The molecule has 4 rings (SSSR count). The van der Waals surface area contributed by atoms with Gasteiger partial charge in [0, 0.05) is 45.1 Å². The minimum Gasteiger partial charge on any atom is -0.497 e. The van der Waals surface area contributed by atoms with E-state index in [2.05, 4.69) is 0 Å². The van der Waals surface area contributed by atoms with Crippen molar-refractivity contribution in [3.63, 3.8) is 0 Å². The Morgan fingerprint density at radius 2 is 2.07 bits per heavy atom. The SMILES string of the molecule is COc1ccc(Cn2c(C(=O)O)c(C3=CC=CCC3=O)c3cc(Cl)ccc32)c(F)c1. The molecule has 5 nitrogen and oxygen atoms in total. The smallest absolute Gasteiger partial charge is 0.353 e. The quantitative estimate of drug-likeness (QED) is 0.617. The molecule has 1 aliphatic rings. The topological polar surface area (TPSA) is 68.5 Å². The maximum atomic E-state index is 14.6. The van der Waals surface area contributed by atoms with Crippen molar-refractivity contribution in [3.05, 3.63) is 82.3 Å². The Morgan fingerprint density at radius 1 is 1.27 bits per heavy atom. The Kier molecular flexibility index (Phi) is 5.18. The van der Waals surface area contributed by atoms with Crippen molar-refractivity contribution < 1.29 is 23.8 Å². The first kappa shape index (κ1) is 19.9. The average Bonchev–Trinajstić information content (AvgIpc) is 3.03.